The van der Waals surface area contributed by atoms with E-state index in [2.05, 4.69) is 15.3 Å². The molecule has 5 heteroatoms. The molecule has 0 saturated heterocycles. The van der Waals surface area contributed by atoms with Crippen LogP contribution in [0.3, 0.4) is 0 Å². The molecule has 2 bridgehead atoms. The molecule has 120 valence electrons. The maximum atomic E-state index is 12.3. The lowest BCUT2D eigenvalue weighted by Crippen LogP contribution is -2.20. The molecule has 2 N–H and O–H groups in total. The average Bonchev–Trinajstić information content (AvgIpc) is 3.24. The van der Waals surface area contributed by atoms with Gasteiger partial charge in [0.05, 0.1) is 6.20 Å². The number of amides is 1. The van der Waals surface area contributed by atoms with E-state index in [9.17, 15) is 4.79 Å². The summed E-state index contributed by atoms with van der Waals surface area (Å²) in [6.07, 6.45) is 7.56. The highest BCUT2D eigenvalue weighted by atomic mass is 35.5. The number of hydrogen-bond acceptors (Lipinski definition) is 2. The van der Waals surface area contributed by atoms with Gasteiger partial charge in [-0.25, -0.2) is 4.98 Å². The van der Waals surface area contributed by atoms with E-state index in [0.717, 1.165) is 23.2 Å². The van der Waals surface area contributed by atoms with Crippen LogP contribution in [0.15, 0.2) is 30.5 Å². The summed E-state index contributed by atoms with van der Waals surface area (Å²) in [5.41, 5.74) is 0.947. The first-order valence-electron chi connectivity index (χ1n) is 8.28. The number of nitrogens with zero attached hydrogens (tertiary/aromatic N) is 1. The van der Waals surface area contributed by atoms with Gasteiger partial charge in [0.25, 0.3) is 0 Å². The summed E-state index contributed by atoms with van der Waals surface area (Å²) in [5.74, 6) is 3.71. The third-order valence-electron chi connectivity index (χ3n) is 5.30. The number of carbonyl (C=O) groups excluding carboxylic acids is 1. The van der Waals surface area contributed by atoms with E-state index in [4.69, 9.17) is 11.6 Å². The van der Waals surface area contributed by atoms with Gasteiger partial charge in [0, 0.05) is 17.0 Å². The smallest absolute Gasteiger partial charge is 0.225 e. The summed E-state index contributed by atoms with van der Waals surface area (Å²) in [5, 5.41) is 3.64. The van der Waals surface area contributed by atoms with Crippen LogP contribution in [0.2, 0.25) is 5.02 Å². The Kier molecular flexibility index (Phi) is 3.85. The summed E-state index contributed by atoms with van der Waals surface area (Å²) < 4.78 is 0. The number of fused-ring (bicyclic) bond motifs is 2. The Morgan fingerprint density at radius 2 is 2.09 bits per heavy atom. The molecule has 4 rings (SSSR count). The van der Waals surface area contributed by atoms with Crippen molar-refractivity contribution in [3.63, 3.8) is 0 Å². The van der Waals surface area contributed by atoms with Gasteiger partial charge in [0.1, 0.15) is 11.6 Å². The minimum Gasteiger partial charge on any atom is -0.325 e. The SMILES string of the molecule is O=C(CC1C[C@@H]2CC[C@H]1C2)Nc1cnc(-c2ccc(Cl)cc2)[nH]1. The van der Waals surface area contributed by atoms with Crippen LogP contribution >= 0.6 is 11.6 Å². The number of halogens is 1. The van der Waals surface area contributed by atoms with Gasteiger partial charge in [-0.05, 0) is 61.3 Å². The van der Waals surface area contributed by atoms with Crippen molar-refractivity contribution in [2.75, 3.05) is 5.32 Å². The molecule has 1 unspecified atom stereocenters. The van der Waals surface area contributed by atoms with E-state index in [1.165, 1.54) is 25.7 Å². The standard InChI is InChI=1S/C18H20ClN3O/c19-15-5-3-12(4-6-15)18-20-10-16(22-18)21-17(23)9-14-8-11-1-2-13(14)7-11/h3-6,10-11,13-14H,1-2,7-9H2,(H,20,22)(H,21,23)/t11-,13+,14?/m1/s1. The molecule has 1 aromatic heterocycles. The van der Waals surface area contributed by atoms with E-state index in [1.54, 1.807) is 6.20 Å². The van der Waals surface area contributed by atoms with Gasteiger partial charge < -0.3 is 10.3 Å². The second-order valence-electron chi connectivity index (χ2n) is 6.84. The number of carbonyl (C=O) groups is 1. The van der Waals surface area contributed by atoms with E-state index >= 15 is 0 Å². The highest BCUT2D eigenvalue weighted by molar-refractivity contribution is 6.30. The number of imidazole rings is 1. The third-order valence-corrected chi connectivity index (χ3v) is 5.55. The number of hydrogen-bond donors (Lipinski definition) is 2. The zero-order valence-corrected chi connectivity index (χ0v) is 13.6. The number of nitrogens with one attached hydrogen (secondary N) is 2. The molecule has 1 aromatic carbocycles. The van der Waals surface area contributed by atoms with Crippen molar-refractivity contribution in [3.8, 4) is 11.4 Å². The first kappa shape index (κ1) is 14.8. The molecular weight excluding hydrogens is 310 g/mol. The molecule has 2 aromatic rings. The maximum absolute atomic E-state index is 12.3. The number of H-pyrrole nitrogens is 1. The Bertz CT molecular complexity index is 709. The molecule has 3 atom stereocenters. The predicted molar refractivity (Wildman–Crippen MR) is 91.2 cm³/mol. The molecule has 2 saturated carbocycles. The Hall–Kier alpha value is -1.81. The van der Waals surface area contributed by atoms with Gasteiger partial charge in [-0.15, -0.1) is 0 Å². The largest absolute Gasteiger partial charge is 0.325 e. The van der Waals surface area contributed by atoms with E-state index < -0.39 is 0 Å². The predicted octanol–water partition coefficient (Wildman–Crippen LogP) is 4.49. The number of anilines is 1. The fraction of sp³-hybridized carbons (Fsp3) is 0.444. The van der Waals surface area contributed by atoms with Crippen molar-refractivity contribution >= 4 is 23.3 Å². The lowest BCUT2D eigenvalue weighted by molar-refractivity contribution is -0.117. The highest BCUT2D eigenvalue weighted by Crippen LogP contribution is 2.49. The monoisotopic (exact) mass is 329 g/mol. The van der Waals surface area contributed by atoms with Gasteiger partial charge >= 0.3 is 0 Å². The normalized spacial score (nSPS) is 25.7. The van der Waals surface area contributed by atoms with Crippen molar-refractivity contribution in [1.82, 2.24) is 9.97 Å². The van der Waals surface area contributed by atoms with Crippen LogP contribution in [-0.2, 0) is 4.79 Å². The summed E-state index contributed by atoms with van der Waals surface area (Å²) in [4.78, 5) is 19.7. The van der Waals surface area contributed by atoms with Crippen LogP contribution in [0.25, 0.3) is 11.4 Å². The zero-order valence-electron chi connectivity index (χ0n) is 12.9. The van der Waals surface area contributed by atoms with Gasteiger partial charge in [0.2, 0.25) is 5.91 Å². The molecule has 4 nitrogen and oxygen atoms in total. The number of rotatable bonds is 4. The molecule has 1 heterocycles. The number of aromatic nitrogens is 2. The van der Waals surface area contributed by atoms with Gasteiger partial charge in [-0.3, -0.25) is 4.79 Å². The molecule has 2 fully saturated rings. The zero-order chi connectivity index (χ0) is 15.8. The summed E-state index contributed by atoms with van der Waals surface area (Å²) in [6.45, 7) is 0. The summed E-state index contributed by atoms with van der Waals surface area (Å²) in [7, 11) is 0. The quantitative estimate of drug-likeness (QED) is 0.868. The Morgan fingerprint density at radius 3 is 2.78 bits per heavy atom. The fourth-order valence-electron chi connectivity index (χ4n) is 4.21. The van der Waals surface area contributed by atoms with Crippen molar-refractivity contribution < 1.29 is 4.79 Å². The molecular formula is C18H20ClN3O. The van der Waals surface area contributed by atoms with Crippen molar-refractivity contribution in [2.45, 2.75) is 32.1 Å². The Labute approximate surface area is 140 Å². The topological polar surface area (TPSA) is 57.8 Å². The van der Waals surface area contributed by atoms with Gasteiger partial charge in [0.15, 0.2) is 0 Å². The first-order valence-corrected chi connectivity index (χ1v) is 8.66. The van der Waals surface area contributed by atoms with Gasteiger partial charge in [-0.2, -0.15) is 0 Å². The molecule has 2 aliphatic carbocycles. The average molecular weight is 330 g/mol. The van der Waals surface area contributed by atoms with Crippen LogP contribution < -0.4 is 5.32 Å². The minimum absolute atomic E-state index is 0.0915. The molecule has 0 radical (unpaired) electrons. The molecule has 1 amide bonds. The van der Waals surface area contributed by atoms with Crippen LogP contribution in [0.1, 0.15) is 32.1 Å². The van der Waals surface area contributed by atoms with Crippen LogP contribution in [-0.4, -0.2) is 15.9 Å². The Balaban J connectivity index is 1.37. The second kappa shape index (κ2) is 6.00. The second-order valence-corrected chi connectivity index (χ2v) is 7.28. The fourth-order valence-corrected chi connectivity index (χ4v) is 4.33. The molecule has 0 aliphatic heterocycles. The Morgan fingerprint density at radius 1 is 1.26 bits per heavy atom. The highest BCUT2D eigenvalue weighted by Gasteiger charge is 2.40. The number of benzene rings is 1. The molecule has 23 heavy (non-hydrogen) atoms. The number of aromatic amines is 1. The molecule has 2 aliphatic rings. The van der Waals surface area contributed by atoms with Crippen molar-refractivity contribution in [1.29, 1.82) is 0 Å². The lowest BCUT2D eigenvalue weighted by Gasteiger charge is -2.20. The van der Waals surface area contributed by atoms with E-state index in [-0.39, 0.29) is 5.91 Å². The minimum atomic E-state index is 0.0915. The van der Waals surface area contributed by atoms with Crippen molar-refractivity contribution in [3.05, 3.63) is 35.5 Å². The van der Waals surface area contributed by atoms with Crippen LogP contribution in [0.5, 0.6) is 0 Å². The van der Waals surface area contributed by atoms with E-state index in [0.29, 0.717) is 23.2 Å². The summed E-state index contributed by atoms with van der Waals surface area (Å²) in [6, 6.07) is 7.46. The van der Waals surface area contributed by atoms with Gasteiger partial charge in [-0.1, -0.05) is 18.0 Å². The third kappa shape index (κ3) is 3.13. The lowest BCUT2D eigenvalue weighted by atomic mass is 9.86. The van der Waals surface area contributed by atoms with E-state index in [1.807, 2.05) is 24.3 Å². The van der Waals surface area contributed by atoms with Crippen LogP contribution in [0.4, 0.5) is 5.82 Å². The summed E-state index contributed by atoms with van der Waals surface area (Å²) >= 11 is 5.89. The van der Waals surface area contributed by atoms with Crippen LogP contribution in [0, 0.1) is 17.8 Å². The van der Waals surface area contributed by atoms with Crippen molar-refractivity contribution in [2.24, 2.45) is 17.8 Å². The maximum Gasteiger partial charge on any atom is 0.225 e. The first-order chi connectivity index (χ1) is 11.2. The molecule has 0 spiro atoms.